The van der Waals surface area contributed by atoms with Gasteiger partial charge in [0.05, 0.1) is 44.5 Å². The first kappa shape index (κ1) is 65.0. The molecule has 0 fully saturated rings. The Morgan fingerprint density at radius 1 is 0.184 bits per heavy atom. The molecule has 0 saturated heterocycles. The summed E-state index contributed by atoms with van der Waals surface area (Å²) in [6, 6.07) is 141. The predicted molar refractivity (Wildman–Crippen MR) is 475 cm³/mol. The summed E-state index contributed by atoms with van der Waals surface area (Å²) in [6.07, 6.45) is 2.03. The molecule has 6 nitrogen and oxygen atoms in total. The third-order valence-corrected chi connectivity index (χ3v) is 23.9. The zero-order chi connectivity index (χ0) is 74.9. The summed E-state index contributed by atoms with van der Waals surface area (Å²) in [5.74, 6) is 1.33. The molecule has 22 aromatic rings. The number of fused-ring (bicyclic) bond motifs is 19. The van der Waals surface area contributed by atoms with Crippen molar-refractivity contribution >= 4 is 97.7 Å². The van der Waals surface area contributed by atoms with E-state index < -0.39 is 0 Å². The molecule has 6 heteroatoms. The van der Waals surface area contributed by atoms with Crippen molar-refractivity contribution in [1.29, 1.82) is 0 Å². The minimum absolute atomic E-state index is 0.660. The molecule has 18 aromatic carbocycles. The first-order valence-electron chi connectivity index (χ1n) is 39.2. The van der Waals surface area contributed by atoms with E-state index in [1.165, 1.54) is 154 Å². The Kier molecular flexibility index (Phi) is 15.0. The number of rotatable bonds is 9. The summed E-state index contributed by atoms with van der Waals surface area (Å²) < 4.78 is 4.49. The van der Waals surface area contributed by atoms with Gasteiger partial charge in [0, 0.05) is 43.4 Å². The van der Waals surface area contributed by atoms with E-state index in [1.54, 1.807) is 0 Å². The van der Waals surface area contributed by atoms with Crippen LogP contribution >= 0.6 is 0 Å². The van der Waals surface area contributed by atoms with E-state index in [2.05, 4.69) is 397 Å². The van der Waals surface area contributed by atoms with Crippen LogP contribution in [0.15, 0.2) is 388 Å². The SMILES string of the molecule is c1ccc(-c2ccc(-c3nc(-n4c5ccccc5c5c6cc(-c7ccc(-c8ccc9c(c8)-c8ccccc8C9)cc7)ccc6ccc54)nc4ccccc34)cc2)cc1.c1ccc2c(c1)Cc1ccc(-c3ccc(-c4ccc5ccc6c(c5c4)c4ccccc4n6-c4nc(-c5ccc6ccccc6c5)c5ccccc5n4)cc3)cc1-2. The highest BCUT2D eigenvalue weighted by atomic mass is 15.2. The Morgan fingerprint density at radius 2 is 0.526 bits per heavy atom. The van der Waals surface area contributed by atoms with Crippen LogP contribution in [-0.2, 0) is 12.8 Å². The van der Waals surface area contributed by atoms with Gasteiger partial charge in [0.2, 0.25) is 11.9 Å². The highest BCUT2D eigenvalue weighted by Crippen LogP contribution is 2.46. The van der Waals surface area contributed by atoms with E-state index in [9.17, 15) is 0 Å². The van der Waals surface area contributed by atoms with Crippen molar-refractivity contribution in [2.45, 2.75) is 12.8 Å². The van der Waals surface area contributed by atoms with Crippen molar-refractivity contribution in [3.63, 3.8) is 0 Å². The maximum atomic E-state index is 5.38. The van der Waals surface area contributed by atoms with E-state index in [0.29, 0.717) is 11.9 Å². The molecule has 4 heterocycles. The van der Waals surface area contributed by atoms with Gasteiger partial charge in [-0.1, -0.05) is 322 Å². The van der Waals surface area contributed by atoms with E-state index in [-0.39, 0.29) is 0 Å². The minimum Gasteiger partial charge on any atom is -0.278 e. The average Bonchev–Trinajstić information content (AvgIpc) is 1.57. The summed E-state index contributed by atoms with van der Waals surface area (Å²) in [6.45, 7) is 0. The van der Waals surface area contributed by atoms with Crippen molar-refractivity contribution in [2.75, 3.05) is 0 Å². The molecular weight excluding hydrogens is 1380 g/mol. The number of aromatic nitrogens is 6. The smallest absolute Gasteiger partial charge is 0.235 e. The number of benzene rings is 18. The summed E-state index contributed by atoms with van der Waals surface area (Å²) in [5.41, 5.74) is 33.3. The Labute approximate surface area is 658 Å². The molecule has 2 aliphatic rings. The molecule has 2 aliphatic carbocycles. The highest BCUT2D eigenvalue weighted by molar-refractivity contribution is 6.23. The Hall–Kier alpha value is -15.0. The van der Waals surface area contributed by atoms with Gasteiger partial charge in [-0.3, -0.25) is 9.13 Å². The molecule has 0 radical (unpaired) electrons. The fourth-order valence-corrected chi connectivity index (χ4v) is 18.2. The molecule has 0 amide bonds. The molecule has 530 valence electrons. The average molecular weight is 1450 g/mol. The van der Waals surface area contributed by atoms with Crippen molar-refractivity contribution in [1.82, 2.24) is 29.1 Å². The standard InChI is InChI=1S/C55H35N3.C53H33N3/c1-2-10-35(11-3-1)36-22-25-40(26-23-36)54-46-14-6-8-16-50(46)56-55(57-54)58-51-17-9-7-15-47(51)53-49-34-42(27-24-39(49)30-31-52(53)58)38-20-18-37(19-21-38)41-28-29-44-32-43-12-4-5-13-45(43)48(44)33-41;1-2-10-37-29-42(26-21-33(37)9-1)52-44-13-5-7-15-48(44)54-53(55-52)56-49-16-8-6-14-45(49)51-47-32-39(23-22-36(47)27-28-50(51)56)35-19-17-34(18-20-35)38-24-25-41-30-40-11-3-4-12-43(40)46(41)31-38/h1-31,33-34H,32H2;1-29,31-32H,30H2. The summed E-state index contributed by atoms with van der Waals surface area (Å²) >= 11 is 0. The van der Waals surface area contributed by atoms with Crippen LogP contribution in [-0.4, -0.2) is 29.1 Å². The van der Waals surface area contributed by atoms with Gasteiger partial charge in [-0.05, 0) is 212 Å². The zero-order valence-corrected chi connectivity index (χ0v) is 62.0. The molecule has 0 N–H and O–H groups in total. The lowest BCUT2D eigenvalue weighted by molar-refractivity contribution is 1.01. The monoisotopic (exact) mass is 1450 g/mol. The van der Waals surface area contributed by atoms with E-state index in [4.69, 9.17) is 19.9 Å². The van der Waals surface area contributed by atoms with Crippen LogP contribution in [0.4, 0.5) is 0 Å². The number of hydrogen-bond acceptors (Lipinski definition) is 4. The van der Waals surface area contributed by atoms with E-state index >= 15 is 0 Å². The van der Waals surface area contributed by atoms with Gasteiger partial charge in [-0.2, -0.15) is 0 Å². The fraction of sp³-hybridized carbons (Fsp3) is 0.0185. The second kappa shape index (κ2) is 26.4. The molecule has 4 aromatic heterocycles. The van der Waals surface area contributed by atoms with Crippen LogP contribution in [0.25, 0.3) is 210 Å². The maximum Gasteiger partial charge on any atom is 0.235 e. The predicted octanol–water partition coefficient (Wildman–Crippen LogP) is 27.7. The van der Waals surface area contributed by atoms with Crippen LogP contribution in [0.3, 0.4) is 0 Å². The Morgan fingerprint density at radius 3 is 1.04 bits per heavy atom. The zero-order valence-electron chi connectivity index (χ0n) is 62.0. The molecule has 0 bridgehead atoms. The molecule has 0 saturated carbocycles. The lowest BCUT2D eigenvalue weighted by atomic mass is 9.95. The van der Waals surface area contributed by atoms with E-state index in [0.717, 1.165) is 79.2 Å². The maximum absolute atomic E-state index is 5.38. The third-order valence-electron chi connectivity index (χ3n) is 23.9. The van der Waals surface area contributed by atoms with Gasteiger partial charge in [0.25, 0.3) is 0 Å². The topological polar surface area (TPSA) is 61.4 Å². The summed E-state index contributed by atoms with van der Waals surface area (Å²) in [5, 5.41) is 14.1. The normalized spacial score (nSPS) is 12.1. The van der Waals surface area contributed by atoms with Gasteiger partial charge < -0.3 is 0 Å². The quantitative estimate of drug-likeness (QED) is 0.144. The molecule has 0 unspecified atom stereocenters. The van der Waals surface area contributed by atoms with Crippen LogP contribution in [0, 0.1) is 0 Å². The van der Waals surface area contributed by atoms with Crippen LogP contribution in [0.1, 0.15) is 22.3 Å². The molecular formula is C108H68N6. The van der Waals surface area contributed by atoms with Gasteiger partial charge >= 0.3 is 0 Å². The van der Waals surface area contributed by atoms with E-state index in [1.807, 2.05) is 0 Å². The van der Waals surface area contributed by atoms with Crippen molar-refractivity contribution in [2.24, 2.45) is 0 Å². The first-order valence-corrected chi connectivity index (χ1v) is 39.2. The Bertz CT molecular complexity index is 7700. The third kappa shape index (κ3) is 10.9. The van der Waals surface area contributed by atoms with Crippen LogP contribution < -0.4 is 0 Å². The largest absolute Gasteiger partial charge is 0.278 e. The number of para-hydroxylation sites is 4. The molecule has 0 spiro atoms. The number of hydrogen-bond donors (Lipinski definition) is 0. The van der Waals surface area contributed by atoms with Gasteiger partial charge in [-0.15, -0.1) is 0 Å². The summed E-state index contributed by atoms with van der Waals surface area (Å²) in [4.78, 5) is 21.2. The van der Waals surface area contributed by atoms with Crippen LogP contribution in [0.2, 0.25) is 0 Å². The molecule has 24 rings (SSSR count). The van der Waals surface area contributed by atoms with Crippen molar-refractivity contribution < 1.29 is 0 Å². The van der Waals surface area contributed by atoms with Gasteiger partial charge in [0.1, 0.15) is 0 Å². The van der Waals surface area contributed by atoms with Gasteiger partial charge in [0.15, 0.2) is 0 Å². The van der Waals surface area contributed by atoms with Crippen LogP contribution in [0.5, 0.6) is 0 Å². The first-order chi connectivity index (χ1) is 56.5. The lowest BCUT2D eigenvalue weighted by Gasteiger charge is -2.12. The molecule has 0 atom stereocenters. The lowest BCUT2D eigenvalue weighted by Crippen LogP contribution is -2.03. The fourth-order valence-electron chi connectivity index (χ4n) is 18.2. The molecule has 0 aliphatic heterocycles. The number of nitrogens with zero attached hydrogens (tertiary/aromatic N) is 6. The van der Waals surface area contributed by atoms with Gasteiger partial charge in [-0.25, -0.2) is 19.9 Å². The highest BCUT2D eigenvalue weighted by Gasteiger charge is 2.25. The second-order valence-electron chi connectivity index (χ2n) is 30.3. The summed E-state index contributed by atoms with van der Waals surface area (Å²) in [7, 11) is 0. The van der Waals surface area contributed by atoms with Crippen molar-refractivity contribution in [3.05, 3.63) is 411 Å². The second-order valence-corrected chi connectivity index (χ2v) is 30.3. The minimum atomic E-state index is 0.660. The Balaban J connectivity index is 0.000000135. The molecule has 114 heavy (non-hydrogen) atoms. The van der Waals surface area contributed by atoms with Crippen molar-refractivity contribution in [3.8, 4) is 112 Å².